The first-order chi connectivity index (χ1) is 9.92. The van der Waals surface area contributed by atoms with Gasteiger partial charge in [0.25, 0.3) is 10.1 Å². The molecule has 0 aliphatic heterocycles. The molecule has 0 spiro atoms. The average Bonchev–Trinajstić information content (AvgIpc) is 2.39. The summed E-state index contributed by atoms with van der Waals surface area (Å²) in [5.41, 5.74) is 0.593. The zero-order valence-corrected chi connectivity index (χ0v) is 12.6. The lowest BCUT2D eigenvalue weighted by Crippen LogP contribution is -2.32. The van der Waals surface area contributed by atoms with Crippen molar-refractivity contribution in [3.63, 3.8) is 0 Å². The molecule has 0 fully saturated rings. The Morgan fingerprint density at radius 1 is 0.857 bits per heavy atom. The van der Waals surface area contributed by atoms with Crippen LogP contribution in [-0.4, -0.2) is 72.6 Å². The highest BCUT2D eigenvalue weighted by Crippen LogP contribution is 2.02. The van der Waals surface area contributed by atoms with Gasteiger partial charge in [-0.15, -0.1) is 0 Å². The second kappa shape index (κ2) is 11.6. The minimum absolute atomic E-state index is 0.0694. The van der Waals surface area contributed by atoms with Gasteiger partial charge in [-0.3, -0.25) is 9.45 Å². The second-order valence-corrected chi connectivity index (χ2v) is 5.68. The molecule has 7 nitrogen and oxygen atoms in total. The molecule has 122 valence electrons. The van der Waals surface area contributed by atoms with Crippen LogP contribution in [0.2, 0.25) is 0 Å². The first kappa shape index (κ1) is 20.0. The van der Waals surface area contributed by atoms with Gasteiger partial charge >= 0.3 is 0 Å². The van der Waals surface area contributed by atoms with Crippen LogP contribution in [0.25, 0.3) is 0 Å². The van der Waals surface area contributed by atoms with E-state index in [4.69, 9.17) is 19.9 Å². The molecule has 0 amide bonds. The maximum Gasteiger partial charge on any atom is 0.269 e. The summed E-state index contributed by atoms with van der Waals surface area (Å²) in [6.45, 7) is 1.75. The molecular weight excluding hydrogens is 298 g/mol. The topological polar surface area (TPSA) is 118 Å². The van der Waals surface area contributed by atoms with Gasteiger partial charge in [-0.1, -0.05) is 30.3 Å². The molecule has 8 heteroatoms. The summed E-state index contributed by atoms with van der Waals surface area (Å²) in [7, 11) is -3.88. The summed E-state index contributed by atoms with van der Waals surface area (Å²) >= 11 is 0. The van der Waals surface area contributed by atoms with Crippen LogP contribution >= 0.6 is 0 Å². The highest BCUT2D eigenvalue weighted by Gasteiger charge is 2.04. The van der Waals surface area contributed by atoms with Crippen LogP contribution in [0.5, 0.6) is 0 Å². The smallest absolute Gasteiger partial charge is 0.269 e. The van der Waals surface area contributed by atoms with Gasteiger partial charge in [0.1, 0.15) is 5.75 Å². The Morgan fingerprint density at radius 3 is 1.62 bits per heavy atom. The number of aliphatic hydroxyl groups excluding tert-OH is 3. The third-order valence-corrected chi connectivity index (χ3v) is 3.14. The van der Waals surface area contributed by atoms with Crippen molar-refractivity contribution in [1.82, 2.24) is 4.90 Å². The maximum absolute atomic E-state index is 10.4. The molecule has 1 aromatic rings. The van der Waals surface area contributed by atoms with Crippen molar-refractivity contribution in [3.05, 3.63) is 35.9 Å². The molecule has 0 bridgehead atoms. The van der Waals surface area contributed by atoms with Crippen molar-refractivity contribution in [2.75, 3.05) is 39.5 Å². The minimum Gasteiger partial charge on any atom is -0.395 e. The van der Waals surface area contributed by atoms with Crippen molar-refractivity contribution >= 4 is 10.1 Å². The van der Waals surface area contributed by atoms with Gasteiger partial charge < -0.3 is 15.3 Å². The standard InChI is InChI=1S/C7H8O3S.C6H15NO3/c8-11(9,10)6-7-4-2-1-3-5-7;8-4-1-7(2-5-9)3-6-10/h1-5H,6H2,(H,8,9,10);8-10H,1-6H2. The Hall–Kier alpha value is -1.03. The Morgan fingerprint density at radius 2 is 1.29 bits per heavy atom. The normalized spacial score (nSPS) is 11.1. The highest BCUT2D eigenvalue weighted by atomic mass is 32.2. The summed E-state index contributed by atoms with van der Waals surface area (Å²) in [6.07, 6.45) is 0. The lowest BCUT2D eigenvalue weighted by Gasteiger charge is -2.17. The summed E-state index contributed by atoms with van der Waals surface area (Å²) in [6, 6.07) is 8.52. The number of benzene rings is 1. The van der Waals surface area contributed by atoms with Crippen LogP contribution in [-0.2, 0) is 15.9 Å². The minimum atomic E-state index is -3.88. The fourth-order valence-electron chi connectivity index (χ4n) is 1.54. The van der Waals surface area contributed by atoms with Crippen molar-refractivity contribution in [1.29, 1.82) is 0 Å². The average molecular weight is 321 g/mol. The van der Waals surface area contributed by atoms with E-state index in [0.29, 0.717) is 25.2 Å². The van der Waals surface area contributed by atoms with E-state index in [0.717, 1.165) is 0 Å². The van der Waals surface area contributed by atoms with E-state index < -0.39 is 10.1 Å². The highest BCUT2D eigenvalue weighted by molar-refractivity contribution is 7.85. The van der Waals surface area contributed by atoms with Gasteiger partial charge in [-0.25, -0.2) is 0 Å². The third kappa shape index (κ3) is 12.4. The number of aliphatic hydroxyl groups is 3. The molecule has 21 heavy (non-hydrogen) atoms. The summed E-state index contributed by atoms with van der Waals surface area (Å²) < 4.78 is 29.2. The van der Waals surface area contributed by atoms with E-state index in [1.54, 1.807) is 35.2 Å². The Kier molecular flexibility index (Phi) is 11.0. The van der Waals surface area contributed by atoms with Crippen LogP contribution in [0.1, 0.15) is 5.56 Å². The van der Waals surface area contributed by atoms with E-state index in [1.165, 1.54) is 0 Å². The van der Waals surface area contributed by atoms with Crippen LogP contribution in [0.4, 0.5) is 0 Å². The predicted molar refractivity (Wildman–Crippen MR) is 79.4 cm³/mol. The van der Waals surface area contributed by atoms with E-state index in [1.807, 2.05) is 0 Å². The monoisotopic (exact) mass is 321 g/mol. The van der Waals surface area contributed by atoms with Crippen LogP contribution < -0.4 is 0 Å². The summed E-state index contributed by atoms with van der Waals surface area (Å²) in [5, 5.41) is 25.5. The number of hydrogen-bond donors (Lipinski definition) is 4. The Balaban J connectivity index is 0.000000384. The molecule has 1 aromatic carbocycles. The lowest BCUT2D eigenvalue weighted by molar-refractivity contribution is 0.136. The van der Waals surface area contributed by atoms with Gasteiger partial charge in [0.2, 0.25) is 0 Å². The first-order valence-electron chi connectivity index (χ1n) is 6.47. The molecular formula is C13H23NO6S. The van der Waals surface area contributed by atoms with Gasteiger partial charge in [-0.2, -0.15) is 8.42 Å². The maximum atomic E-state index is 10.4. The molecule has 0 unspecified atom stereocenters. The van der Waals surface area contributed by atoms with Gasteiger partial charge in [0, 0.05) is 19.6 Å². The quantitative estimate of drug-likeness (QED) is 0.469. The molecule has 0 radical (unpaired) electrons. The van der Waals surface area contributed by atoms with E-state index >= 15 is 0 Å². The zero-order chi connectivity index (χ0) is 16.1. The second-order valence-electron chi connectivity index (χ2n) is 4.22. The SMILES string of the molecule is O=S(=O)(O)Cc1ccccc1.OCCN(CCO)CCO. The molecule has 0 saturated heterocycles. The van der Waals surface area contributed by atoms with E-state index in [9.17, 15) is 8.42 Å². The first-order valence-corrected chi connectivity index (χ1v) is 8.08. The van der Waals surface area contributed by atoms with Crippen molar-refractivity contribution < 1.29 is 28.3 Å². The van der Waals surface area contributed by atoms with E-state index in [-0.39, 0.29) is 25.6 Å². The Labute approximate surface area is 125 Å². The molecule has 0 atom stereocenters. The lowest BCUT2D eigenvalue weighted by atomic mass is 10.2. The number of hydrogen-bond acceptors (Lipinski definition) is 6. The van der Waals surface area contributed by atoms with Gasteiger partial charge in [0.05, 0.1) is 19.8 Å². The van der Waals surface area contributed by atoms with E-state index in [2.05, 4.69) is 0 Å². The van der Waals surface area contributed by atoms with Gasteiger partial charge in [-0.05, 0) is 5.56 Å². The predicted octanol–water partition coefficient (Wildman–Crippen LogP) is -0.660. The molecule has 0 aromatic heterocycles. The summed E-state index contributed by atoms with van der Waals surface area (Å²) in [4.78, 5) is 1.79. The Bertz CT molecular complexity index is 437. The molecule has 4 N–H and O–H groups in total. The third-order valence-electron chi connectivity index (χ3n) is 2.44. The molecule has 0 saturated carbocycles. The number of rotatable bonds is 8. The van der Waals surface area contributed by atoms with Crippen LogP contribution in [0.3, 0.4) is 0 Å². The molecule has 1 rings (SSSR count). The number of nitrogens with zero attached hydrogens (tertiary/aromatic N) is 1. The van der Waals surface area contributed by atoms with Crippen molar-refractivity contribution in [2.45, 2.75) is 5.75 Å². The van der Waals surface area contributed by atoms with Crippen LogP contribution in [0.15, 0.2) is 30.3 Å². The zero-order valence-electron chi connectivity index (χ0n) is 11.8. The van der Waals surface area contributed by atoms with Crippen molar-refractivity contribution in [3.8, 4) is 0 Å². The molecule has 0 heterocycles. The molecule has 0 aliphatic rings. The molecule has 0 aliphatic carbocycles. The summed E-state index contributed by atoms with van der Waals surface area (Å²) in [5.74, 6) is -0.312. The largest absolute Gasteiger partial charge is 0.395 e. The van der Waals surface area contributed by atoms with Crippen LogP contribution in [0, 0.1) is 0 Å². The fraction of sp³-hybridized carbons (Fsp3) is 0.538. The fourth-order valence-corrected chi connectivity index (χ4v) is 2.16. The van der Waals surface area contributed by atoms with Crippen molar-refractivity contribution in [2.24, 2.45) is 0 Å². The van der Waals surface area contributed by atoms with Gasteiger partial charge in [0.15, 0.2) is 0 Å².